The number of amides is 1. The Balaban J connectivity index is 1.78. The minimum Gasteiger partial charge on any atom is -0.494 e. The van der Waals surface area contributed by atoms with Crippen molar-refractivity contribution in [3.8, 4) is 0 Å². The van der Waals surface area contributed by atoms with Crippen molar-refractivity contribution in [3.63, 3.8) is 0 Å². The lowest BCUT2D eigenvalue weighted by Crippen LogP contribution is -2.61. The number of hydrogen-bond donors (Lipinski definition) is 2. The number of carbonyl (C=O) groups is 4. The number of piperidine rings is 1. The van der Waals surface area contributed by atoms with Crippen LogP contribution in [0.4, 0.5) is 0 Å². The highest BCUT2D eigenvalue weighted by Crippen LogP contribution is 2.43. The number of rotatable bonds is 13. The molecule has 1 amide bonds. The van der Waals surface area contributed by atoms with Crippen LogP contribution in [0.3, 0.4) is 0 Å². The molecule has 0 radical (unpaired) electrons. The van der Waals surface area contributed by atoms with Gasteiger partial charge >= 0.3 is 5.97 Å². The largest absolute Gasteiger partial charge is 0.494 e. The zero-order valence-electron chi connectivity index (χ0n) is 54.3. The predicted molar refractivity (Wildman–Crippen MR) is 329 cm³/mol. The fourth-order valence-corrected chi connectivity index (χ4v) is 13.9. The Morgan fingerprint density at radius 1 is 0.780 bits per heavy atom. The number of ketones is 2. The van der Waals surface area contributed by atoms with E-state index < -0.39 is 82.4 Å². The van der Waals surface area contributed by atoms with Crippen molar-refractivity contribution in [2.75, 3.05) is 41.1 Å². The molecule has 4 rings (SSSR count). The van der Waals surface area contributed by atoms with Crippen LogP contribution in [0.15, 0.2) is 59.1 Å². The molecular formula is C65H111NO14Si2. The predicted octanol–water partition coefficient (Wildman–Crippen LogP) is 12.5. The number of methoxy groups -OCH3 is 3. The van der Waals surface area contributed by atoms with E-state index in [-0.39, 0.29) is 83.5 Å². The molecule has 0 spiro atoms. The Labute approximate surface area is 497 Å². The van der Waals surface area contributed by atoms with E-state index in [9.17, 15) is 29.4 Å². The summed E-state index contributed by atoms with van der Waals surface area (Å²) < 4.78 is 50.8. The van der Waals surface area contributed by atoms with Crippen molar-refractivity contribution in [1.29, 1.82) is 0 Å². The molecule has 0 aromatic carbocycles. The number of Topliss-reactive ketones (excluding diaryl/α,β-unsaturated/α-hetero) is 2. The van der Waals surface area contributed by atoms with Gasteiger partial charge in [0.05, 0.1) is 38.1 Å². The summed E-state index contributed by atoms with van der Waals surface area (Å²) in [7, 11) is 0.670. The second-order valence-corrected chi connectivity index (χ2v) is 37.3. The van der Waals surface area contributed by atoms with Gasteiger partial charge in [0.15, 0.2) is 22.4 Å². The summed E-state index contributed by atoms with van der Waals surface area (Å²) in [6.45, 7) is 36.3. The quantitative estimate of drug-likeness (QED) is 0.0583. The van der Waals surface area contributed by atoms with Gasteiger partial charge in [0.2, 0.25) is 5.79 Å². The van der Waals surface area contributed by atoms with Gasteiger partial charge in [-0.15, -0.1) is 0 Å². The zero-order chi connectivity index (χ0) is 61.7. The summed E-state index contributed by atoms with van der Waals surface area (Å²) in [6.07, 6.45) is 14.6. The lowest BCUT2D eigenvalue weighted by molar-refractivity contribution is -0.265. The Kier molecular flexibility index (Phi) is 26.8. The normalized spacial score (nSPS) is 32.4. The number of allylic oxidation sites excluding steroid dienone is 7. The molecular weight excluding hydrogens is 1070 g/mol. The molecule has 3 heterocycles. The number of aliphatic hydroxyl groups excluding tert-OH is 1. The third-order valence-corrected chi connectivity index (χ3v) is 28.2. The van der Waals surface area contributed by atoms with Crippen molar-refractivity contribution in [2.24, 2.45) is 35.5 Å². The molecule has 4 aliphatic rings. The summed E-state index contributed by atoms with van der Waals surface area (Å²) in [4.78, 5) is 59.7. The summed E-state index contributed by atoms with van der Waals surface area (Å²) in [5.74, 6) is -6.38. The third kappa shape index (κ3) is 19.1. The molecule has 468 valence electrons. The summed E-state index contributed by atoms with van der Waals surface area (Å²) >= 11 is 0. The molecule has 14 atom stereocenters. The maximum Gasteiger partial charge on any atom is 0.329 e. The van der Waals surface area contributed by atoms with E-state index in [1.165, 1.54) is 12.0 Å². The average Bonchev–Trinajstić information content (AvgIpc) is 3.54. The second-order valence-electron chi connectivity index (χ2n) is 27.7. The van der Waals surface area contributed by atoms with Gasteiger partial charge < -0.3 is 52.4 Å². The molecule has 15 nitrogen and oxygen atoms in total. The Hall–Kier alpha value is -3.27. The van der Waals surface area contributed by atoms with E-state index in [0.29, 0.717) is 62.9 Å². The molecule has 3 fully saturated rings. The van der Waals surface area contributed by atoms with Crippen LogP contribution in [-0.4, -0.2) is 145 Å². The van der Waals surface area contributed by atoms with Crippen molar-refractivity contribution in [1.82, 2.24) is 4.90 Å². The second kappa shape index (κ2) is 30.9. The van der Waals surface area contributed by atoms with E-state index in [1.54, 1.807) is 41.1 Å². The van der Waals surface area contributed by atoms with E-state index in [1.807, 2.05) is 38.2 Å². The molecule has 1 saturated carbocycles. The van der Waals surface area contributed by atoms with Crippen LogP contribution in [0, 0.1) is 35.5 Å². The highest BCUT2D eigenvalue weighted by Gasteiger charge is 2.53. The van der Waals surface area contributed by atoms with Crippen molar-refractivity contribution < 1.29 is 66.7 Å². The van der Waals surface area contributed by atoms with Crippen molar-refractivity contribution >= 4 is 40.1 Å². The highest BCUT2D eigenvalue weighted by atomic mass is 28.4. The Morgan fingerprint density at radius 3 is 2.07 bits per heavy atom. The van der Waals surface area contributed by atoms with Crippen LogP contribution in [0.25, 0.3) is 0 Å². The average molecular weight is 1190 g/mol. The van der Waals surface area contributed by atoms with Crippen LogP contribution < -0.4 is 0 Å². The van der Waals surface area contributed by atoms with E-state index in [4.69, 9.17) is 37.3 Å². The van der Waals surface area contributed by atoms with Gasteiger partial charge in [-0.3, -0.25) is 14.4 Å². The first-order valence-electron chi connectivity index (χ1n) is 30.8. The maximum absolute atomic E-state index is 14.8. The summed E-state index contributed by atoms with van der Waals surface area (Å²) in [5.41, 5.74) is 1.39. The molecule has 17 heteroatoms. The Morgan fingerprint density at radius 2 is 1.45 bits per heavy atom. The van der Waals surface area contributed by atoms with Crippen molar-refractivity contribution in [2.45, 2.75) is 252 Å². The van der Waals surface area contributed by atoms with Gasteiger partial charge in [-0.25, -0.2) is 4.79 Å². The fraction of sp³-hybridized carbons (Fsp3) is 0.785. The van der Waals surface area contributed by atoms with Gasteiger partial charge in [0.25, 0.3) is 11.7 Å². The summed E-state index contributed by atoms with van der Waals surface area (Å²) in [6, 6.07) is -1.13. The molecule has 0 aromatic heterocycles. The number of carbonyl (C=O) groups excluding carboxylic acids is 4. The van der Waals surface area contributed by atoms with Crippen molar-refractivity contribution in [3.05, 3.63) is 59.1 Å². The molecule has 1 aliphatic carbocycles. The topological polar surface area (TPSA) is 186 Å². The molecule has 2 bridgehead atoms. The minimum absolute atomic E-state index is 0.00868. The first kappa shape index (κ1) is 71.2. The molecule has 2 saturated heterocycles. The van der Waals surface area contributed by atoms with Crippen LogP contribution in [0.1, 0.15) is 167 Å². The molecule has 2 N–H and O–H groups in total. The van der Waals surface area contributed by atoms with Gasteiger partial charge in [-0.1, -0.05) is 113 Å². The van der Waals surface area contributed by atoms with Crippen LogP contribution in [-0.2, 0) is 56.5 Å². The lowest BCUT2D eigenvalue weighted by atomic mass is 9.78. The fourth-order valence-electron chi connectivity index (χ4n) is 11.5. The third-order valence-electron chi connectivity index (χ3n) is 19.1. The number of aliphatic hydroxyl groups is 2. The van der Waals surface area contributed by atoms with Crippen LogP contribution in [0.2, 0.25) is 36.3 Å². The summed E-state index contributed by atoms with van der Waals surface area (Å²) in [5, 5.41) is 24.4. The Bertz CT molecular complexity index is 2280. The zero-order valence-corrected chi connectivity index (χ0v) is 56.3. The SMILES string of the molecule is COC1=C(OCCO[Si](C)(C)C(C)(C)C)[C@H](C)C[C@H](C)C=CC=CC=C(C)[C@@H](OC)C[C@@H]2CC[C@@H](C)C(O)(O2)C(=O)C(=O)N2CCCC[C@H]2C(=O)O[C@H]([C@H](C)C[C@@H]2CC[C@@H](O[Si](C)(C)C(C)(C)C)[C@H](OC)C2)CC(=O)[C@H](C)C=C(C)[C@H]1O. The smallest absolute Gasteiger partial charge is 0.329 e. The van der Waals surface area contributed by atoms with Crippen LogP contribution in [0.5, 0.6) is 0 Å². The van der Waals surface area contributed by atoms with E-state index in [0.717, 1.165) is 24.8 Å². The van der Waals surface area contributed by atoms with Gasteiger partial charge in [0.1, 0.15) is 36.4 Å². The maximum atomic E-state index is 14.8. The monoisotopic (exact) mass is 1190 g/mol. The first-order valence-corrected chi connectivity index (χ1v) is 36.6. The van der Waals surface area contributed by atoms with E-state index >= 15 is 0 Å². The van der Waals surface area contributed by atoms with Gasteiger partial charge in [-0.05, 0) is 143 Å². The molecule has 0 aromatic rings. The van der Waals surface area contributed by atoms with Crippen LogP contribution >= 0.6 is 0 Å². The first-order chi connectivity index (χ1) is 38.1. The molecule has 1 unspecified atom stereocenters. The van der Waals surface area contributed by atoms with Gasteiger partial charge in [0, 0.05) is 51.4 Å². The number of esters is 1. The number of fused-ring (bicyclic) bond motifs is 3. The number of ether oxygens (including phenoxy) is 6. The molecule has 82 heavy (non-hydrogen) atoms. The number of hydrogen-bond acceptors (Lipinski definition) is 14. The highest BCUT2D eigenvalue weighted by molar-refractivity contribution is 6.74. The lowest BCUT2D eigenvalue weighted by Gasteiger charge is -2.44. The standard InChI is InChI=1S/C65H111NO14Si2/c1-42-26-22-21-23-27-43(2)54(73-14)40-50-31-29-48(7)65(72,79-50)60(69)61(70)66-33-25-24-28-51(66)62(71)78-55(45(4)38-49-30-32-53(56(39-49)74-15)80-82(19,20)64(11,12)13)41-52(67)44(3)37-46(5)57(68)59(75-16)58(47(6)36-42)76-34-35-77-81(17,18)63(8,9)10/h21-23,26-27,37,42,44-45,47-51,53-57,68,72H,24-25,28-36,38-41H2,1-20H3/t42-,44-,45-,47-,48-,49+,50+,51+,53-,54+,55+,56-,57-,65?/m1/s1. The molecule has 3 aliphatic heterocycles. The van der Waals surface area contributed by atoms with Gasteiger partial charge in [-0.2, -0.15) is 0 Å². The number of nitrogens with zero attached hydrogens (tertiary/aromatic N) is 1. The minimum atomic E-state index is -2.43. The van der Waals surface area contributed by atoms with E-state index in [2.05, 4.69) is 87.7 Å². The number of cyclic esters (lactones) is 1.